The maximum absolute atomic E-state index is 12.8. The lowest BCUT2D eigenvalue weighted by molar-refractivity contribution is -0.0343. The Labute approximate surface area is 171 Å². The van der Waals surface area contributed by atoms with E-state index in [1.165, 1.54) is 30.4 Å². The van der Waals surface area contributed by atoms with Crippen LogP contribution < -0.4 is 10.6 Å². The van der Waals surface area contributed by atoms with Crippen molar-refractivity contribution in [3.63, 3.8) is 0 Å². The zero-order valence-corrected chi connectivity index (χ0v) is 17.1. The van der Waals surface area contributed by atoms with Crippen LogP contribution in [0.2, 0.25) is 5.02 Å². The molecule has 4 saturated carbocycles. The largest absolute Gasteiger partial charge is 0.332 e. The van der Waals surface area contributed by atoms with Crippen molar-refractivity contribution in [2.75, 3.05) is 5.32 Å². The highest BCUT2D eigenvalue weighted by Gasteiger charge is 2.58. The first-order valence-electron chi connectivity index (χ1n) is 10.4. The third-order valence-electron chi connectivity index (χ3n) is 7.21. The molecular formula is C24H27ClN2O. The molecule has 4 fully saturated rings. The minimum atomic E-state index is -0.0941. The Bertz CT molecular complexity index is 876. The number of carbonyl (C=O) groups excluding carboxylic acids is 1. The van der Waals surface area contributed by atoms with Crippen molar-refractivity contribution in [1.29, 1.82) is 0 Å². The second-order valence-electron chi connectivity index (χ2n) is 9.47. The lowest BCUT2D eigenvalue weighted by Crippen LogP contribution is -2.64. The molecule has 4 bridgehead atoms. The van der Waals surface area contributed by atoms with E-state index in [4.69, 9.17) is 11.6 Å². The molecule has 4 aliphatic rings. The number of hydrogen-bond acceptors (Lipinski definition) is 1. The van der Waals surface area contributed by atoms with E-state index in [0.29, 0.717) is 5.02 Å². The summed E-state index contributed by atoms with van der Waals surface area (Å²) in [5, 5.41) is 7.08. The van der Waals surface area contributed by atoms with Crippen LogP contribution in [0.3, 0.4) is 0 Å². The molecule has 0 saturated heterocycles. The molecule has 0 aliphatic heterocycles. The zero-order valence-electron chi connectivity index (χ0n) is 16.3. The fourth-order valence-corrected chi connectivity index (χ4v) is 6.72. The third-order valence-corrected chi connectivity index (χ3v) is 7.46. The summed E-state index contributed by atoms with van der Waals surface area (Å²) in [6.07, 6.45) is 7.17. The van der Waals surface area contributed by atoms with Gasteiger partial charge in [0.2, 0.25) is 0 Å². The number of urea groups is 1. The predicted molar refractivity (Wildman–Crippen MR) is 114 cm³/mol. The molecule has 28 heavy (non-hydrogen) atoms. The number of carbonyl (C=O) groups is 1. The minimum Gasteiger partial charge on any atom is -0.332 e. The highest BCUT2D eigenvalue weighted by molar-refractivity contribution is 6.30. The van der Waals surface area contributed by atoms with Gasteiger partial charge in [0, 0.05) is 16.2 Å². The second kappa shape index (κ2) is 6.52. The van der Waals surface area contributed by atoms with Gasteiger partial charge in [-0.2, -0.15) is 0 Å². The van der Waals surface area contributed by atoms with Gasteiger partial charge in [0.25, 0.3) is 0 Å². The average molecular weight is 395 g/mol. The predicted octanol–water partition coefficient (Wildman–Crippen LogP) is 6.06. The van der Waals surface area contributed by atoms with Gasteiger partial charge in [0.1, 0.15) is 0 Å². The highest BCUT2D eigenvalue weighted by atomic mass is 35.5. The van der Waals surface area contributed by atoms with Gasteiger partial charge < -0.3 is 10.6 Å². The maximum Gasteiger partial charge on any atom is 0.319 e. The van der Waals surface area contributed by atoms with Gasteiger partial charge in [0.15, 0.2) is 0 Å². The van der Waals surface area contributed by atoms with Crippen molar-refractivity contribution in [2.24, 2.45) is 11.8 Å². The van der Waals surface area contributed by atoms with E-state index >= 15 is 0 Å². The van der Waals surface area contributed by atoms with Gasteiger partial charge in [0.05, 0.1) is 0 Å². The molecule has 3 nitrogen and oxygen atoms in total. The highest BCUT2D eigenvalue weighted by Crippen LogP contribution is 2.62. The first kappa shape index (κ1) is 18.1. The number of rotatable bonds is 3. The number of amides is 2. The van der Waals surface area contributed by atoms with Crippen LogP contribution >= 0.6 is 11.6 Å². The van der Waals surface area contributed by atoms with Crippen LogP contribution in [-0.4, -0.2) is 11.6 Å². The average Bonchev–Trinajstić information content (AvgIpc) is 2.62. The number of hydrogen-bond donors (Lipinski definition) is 2. The normalized spacial score (nSPS) is 32.9. The van der Waals surface area contributed by atoms with Crippen LogP contribution in [0.4, 0.5) is 10.5 Å². The molecule has 2 N–H and O–H groups in total. The Balaban J connectivity index is 1.38. The molecule has 2 aromatic carbocycles. The summed E-state index contributed by atoms with van der Waals surface area (Å²) in [6.45, 7) is 2.15. The Morgan fingerprint density at radius 3 is 2.25 bits per heavy atom. The Kier molecular flexibility index (Phi) is 4.20. The van der Waals surface area contributed by atoms with E-state index in [0.717, 1.165) is 36.8 Å². The van der Waals surface area contributed by atoms with E-state index in [1.807, 2.05) is 12.1 Å². The van der Waals surface area contributed by atoms with Gasteiger partial charge in [-0.05, 0) is 92.5 Å². The van der Waals surface area contributed by atoms with Crippen molar-refractivity contribution < 1.29 is 4.79 Å². The molecule has 2 atom stereocenters. The van der Waals surface area contributed by atoms with Gasteiger partial charge >= 0.3 is 6.03 Å². The lowest BCUT2D eigenvalue weighted by Gasteiger charge is -2.62. The van der Waals surface area contributed by atoms with Crippen LogP contribution in [0.1, 0.15) is 49.7 Å². The summed E-state index contributed by atoms with van der Waals surface area (Å²) in [6, 6.07) is 16.3. The topological polar surface area (TPSA) is 41.1 Å². The quantitative estimate of drug-likeness (QED) is 0.652. The van der Waals surface area contributed by atoms with Gasteiger partial charge in [-0.3, -0.25) is 0 Å². The van der Waals surface area contributed by atoms with Gasteiger partial charge in [-0.25, -0.2) is 4.79 Å². The third kappa shape index (κ3) is 3.20. The number of anilines is 1. The Morgan fingerprint density at radius 2 is 1.61 bits per heavy atom. The molecule has 6 rings (SSSR count). The van der Waals surface area contributed by atoms with Gasteiger partial charge in [-0.15, -0.1) is 0 Å². The van der Waals surface area contributed by atoms with Crippen molar-refractivity contribution >= 4 is 23.3 Å². The molecule has 2 amide bonds. The van der Waals surface area contributed by atoms with Crippen LogP contribution in [0.15, 0.2) is 48.5 Å². The lowest BCUT2D eigenvalue weighted by atomic mass is 9.45. The molecule has 0 heterocycles. The van der Waals surface area contributed by atoms with E-state index in [2.05, 4.69) is 41.8 Å². The smallest absolute Gasteiger partial charge is 0.319 e. The molecule has 0 radical (unpaired) electrons. The van der Waals surface area contributed by atoms with Gasteiger partial charge in [-0.1, -0.05) is 41.4 Å². The van der Waals surface area contributed by atoms with Crippen molar-refractivity contribution in [2.45, 2.75) is 56.4 Å². The molecular weight excluding hydrogens is 368 g/mol. The Hall–Kier alpha value is -2.00. The summed E-state index contributed by atoms with van der Waals surface area (Å²) in [5.74, 6) is 1.44. The molecule has 2 aromatic rings. The van der Waals surface area contributed by atoms with Crippen molar-refractivity contribution in [3.8, 4) is 0 Å². The first-order chi connectivity index (χ1) is 13.4. The monoisotopic (exact) mass is 394 g/mol. The number of halogens is 1. The maximum atomic E-state index is 12.8. The second-order valence-corrected chi connectivity index (χ2v) is 9.91. The first-order valence-corrected chi connectivity index (χ1v) is 10.7. The van der Waals surface area contributed by atoms with E-state index in [1.54, 1.807) is 12.1 Å². The number of nitrogens with one attached hydrogen (secondary N) is 2. The molecule has 0 spiro atoms. The molecule has 0 unspecified atom stereocenters. The standard InChI is InChI=1S/C24H27ClN2O/c1-16-2-4-19(5-3-16)23-11-17-10-18(12-23)14-24(13-17,15-23)27-22(28)26-21-8-6-20(25)7-9-21/h2-9,17-18H,10-15H2,1H3,(H2,26,27,28)/t17-,18-,23?,24?/m1/s1. The van der Waals surface area contributed by atoms with Crippen LogP contribution in [-0.2, 0) is 5.41 Å². The SMILES string of the molecule is Cc1ccc(C23C[C@H]4C[C@@H](CC(NC(=O)Nc5ccc(Cl)cc5)(C4)C2)C3)cc1. The van der Waals surface area contributed by atoms with E-state index in [-0.39, 0.29) is 17.0 Å². The molecule has 146 valence electrons. The van der Waals surface area contributed by atoms with Crippen molar-refractivity contribution in [3.05, 3.63) is 64.7 Å². The molecule has 4 aliphatic carbocycles. The summed E-state index contributed by atoms with van der Waals surface area (Å²) in [7, 11) is 0. The zero-order chi connectivity index (χ0) is 19.4. The minimum absolute atomic E-state index is 0.0779. The fourth-order valence-electron chi connectivity index (χ4n) is 6.59. The summed E-state index contributed by atoms with van der Waals surface area (Å²) >= 11 is 5.95. The molecule has 4 heteroatoms. The van der Waals surface area contributed by atoms with E-state index < -0.39 is 0 Å². The van der Waals surface area contributed by atoms with Crippen LogP contribution in [0, 0.1) is 18.8 Å². The Morgan fingerprint density at radius 1 is 0.964 bits per heavy atom. The number of aryl methyl sites for hydroxylation is 1. The van der Waals surface area contributed by atoms with Crippen LogP contribution in [0.5, 0.6) is 0 Å². The van der Waals surface area contributed by atoms with Crippen LogP contribution in [0.25, 0.3) is 0 Å². The number of benzene rings is 2. The summed E-state index contributed by atoms with van der Waals surface area (Å²) < 4.78 is 0. The van der Waals surface area contributed by atoms with E-state index in [9.17, 15) is 4.79 Å². The molecule has 0 aromatic heterocycles. The summed E-state index contributed by atoms with van der Waals surface area (Å²) in [5.41, 5.74) is 3.71. The van der Waals surface area contributed by atoms with Crippen molar-refractivity contribution in [1.82, 2.24) is 5.32 Å². The summed E-state index contributed by atoms with van der Waals surface area (Å²) in [4.78, 5) is 12.8. The fraction of sp³-hybridized carbons (Fsp3) is 0.458.